The number of halogens is 1. The Kier molecular flexibility index (Phi) is 4.68. The van der Waals surface area contributed by atoms with Crippen LogP contribution in [0.1, 0.15) is 29.3 Å². The molecule has 1 aromatic rings. The molecule has 112 valence electrons. The quantitative estimate of drug-likeness (QED) is 0.850. The summed E-state index contributed by atoms with van der Waals surface area (Å²) in [6, 6.07) is 4.91. The van der Waals surface area contributed by atoms with Gasteiger partial charge in [-0.2, -0.15) is 0 Å². The molecule has 0 bridgehead atoms. The molecule has 1 aromatic carbocycles. The largest absolute Gasteiger partial charge is 0.478 e. The second-order valence-corrected chi connectivity index (χ2v) is 5.97. The van der Waals surface area contributed by atoms with E-state index in [1.807, 2.05) is 0 Å². The van der Waals surface area contributed by atoms with Crippen molar-refractivity contribution in [3.63, 3.8) is 0 Å². The molecular formula is C16H18ClNO3. The van der Waals surface area contributed by atoms with Crippen molar-refractivity contribution in [3.8, 4) is 0 Å². The third-order valence-corrected chi connectivity index (χ3v) is 4.11. The molecule has 1 fully saturated rings. The molecule has 0 saturated heterocycles. The van der Waals surface area contributed by atoms with Gasteiger partial charge in [-0.25, -0.2) is 4.79 Å². The number of carboxylic acids is 1. The first-order valence-corrected chi connectivity index (χ1v) is 7.22. The SMILES string of the molecule is CC1CC1CN(C)C(=O)c1ccc(/C=C/C(=O)O)c(Cl)c1. The fraction of sp³-hybridized carbons (Fsp3) is 0.375. The van der Waals surface area contributed by atoms with Gasteiger partial charge in [-0.15, -0.1) is 0 Å². The Morgan fingerprint density at radius 3 is 2.67 bits per heavy atom. The predicted octanol–water partition coefficient (Wildman–Crippen LogP) is 3.17. The Hall–Kier alpha value is -1.81. The molecule has 5 heteroatoms. The average molecular weight is 308 g/mol. The van der Waals surface area contributed by atoms with Crippen molar-refractivity contribution in [3.05, 3.63) is 40.4 Å². The standard InChI is InChI=1S/C16H18ClNO3/c1-10-7-13(10)9-18(2)16(21)12-4-3-11(14(17)8-12)5-6-15(19)20/h3-6,8,10,13H,7,9H2,1-2H3,(H,19,20)/b6-5+. The molecule has 0 aromatic heterocycles. The van der Waals surface area contributed by atoms with Gasteiger partial charge < -0.3 is 10.0 Å². The van der Waals surface area contributed by atoms with Gasteiger partial charge >= 0.3 is 5.97 Å². The van der Waals surface area contributed by atoms with E-state index in [2.05, 4.69) is 6.92 Å². The van der Waals surface area contributed by atoms with E-state index in [4.69, 9.17) is 16.7 Å². The zero-order chi connectivity index (χ0) is 15.6. The van der Waals surface area contributed by atoms with Gasteiger partial charge in [0.05, 0.1) is 0 Å². The van der Waals surface area contributed by atoms with Crippen molar-refractivity contribution in [1.82, 2.24) is 4.90 Å². The Bertz CT molecular complexity index is 597. The first-order chi connectivity index (χ1) is 9.88. The summed E-state index contributed by atoms with van der Waals surface area (Å²) in [4.78, 5) is 24.5. The Balaban J connectivity index is 2.08. The predicted molar refractivity (Wildman–Crippen MR) is 82.4 cm³/mol. The number of nitrogens with zero attached hydrogens (tertiary/aromatic N) is 1. The topological polar surface area (TPSA) is 57.6 Å². The summed E-state index contributed by atoms with van der Waals surface area (Å²) in [6.45, 7) is 2.95. The van der Waals surface area contributed by atoms with E-state index in [9.17, 15) is 9.59 Å². The average Bonchev–Trinajstić information content (AvgIpc) is 3.11. The summed E-state index contributed by atoms with van der Waals surface area (Å²) in [5, 5.41) is 8.97. The summed E-state index contributed by atoms with van der Waals surface area (Å²) in [7, 11) is 1.79. The summed E-state index contributed by atoms with van der Waals surface area (Å²) >= 11 is 6.09. The first kappa shape index (κ1) is 15.6. The van der Waals surface area contributed by atoms with Gasteiger partial charge in [0.25, 0.3) is 5.91 Å². The smallest absolute Gasteiger partial charge is 0.328 e. The number of hydrogen-bond acceptors (Lipinski definition) is 2. The van der Waals surface area contributed by atoms with Crippen LogP contribution < -0.4 is 0 Å². The van der Waals surface area contributed by atoms with E-state index < -0.39 is 5.97 Å². The number of carbonyl (C=O) groups is 2. The lowest BCUT2D eigenvalue weighted by molar-refractivity contribution is -0.131. The summed E-state index contributed by atoms with van der Waals surface area (Å²) in [5.74, 6) is 0.203. The van der Waals surface area contributed by atoms with E-state index in [1.54, 1.807) is 30.1 Å². The van der Waals surface area contributed by atoms with Crippen LogP contribution in [0.2, 0.25) is 5.02 Å². The number of hydrogen-bond donors (Lipinski definition) is 1. The normalized spacial score (nSPS) is 20.5. The molecule has 4 nitrogen and oxygen atoms in total. The van der Waals surface area contributed by atoms with Gasteiger partial charge in [0, 0.05) is 30.3 Å². The van der Waals surface area contributed by atoms with Gasteiger partial charge in [0.1, 0.15) is 0 Å². The van der Waals surface area contributed by atoms with Gasteiger partial charge in [0.15, 0.2) is 0 Å². The van der Waals surface area contributed by atoms with Crippen LogP contribution >= 0.6 is 11.6 Å². The maximum atomic E-state index is 12.3. The highest BCUT2D eigenvalue weighted by molar-refractivity contribution is 6.32. The van der Waals surface area contributed by atoms with Gasteiger partial charge in [0.2, 0.25) is 0 Å². The van der Waals surface area contributed by atoms with E-state index in [-0.39, 0.29) is 5.91 Å². The zero-order valence-electron chi connectivity index (χ0n) is 12.0. The molecule has 0 spiro atoms. The second-order valence-electron chi connectivity index (χ2n) is 5.57. The lowest BCUT2D eigenvalue weighted by atomic mass is 10.1. The highest BCUT2D eigenvalue weighted by atomic mass is 35.5. The van der Waals surface area contributed by atoms with E-state index in [0.717, 1.165) is 12.6 Å². The number of carbonyl (C=O) groups excluding carboxylic acids is 1. The van der Waals surface area contributed by atoms with E-state index in [0.29, 0.717) is 28.0 Å². The molecule has 0 heterocycles. The van der Waals surface area contributed by atoms with Crippen LogP contribution in [-0.2, 0) is 4.79 Å². The number of carboxylic acid groups (broad SMARTS) is 1. The molecule has 1 N–H and O–H groups in total. The number of rotatable bonds is 5. The van der Waals surface area contributed by atoms with Crippen molar-refractivity contribution in [2.45, 2.75) is 13.3 Å². The molecule has 0 radical (unpaired) electrons. The number of aliphatic carboxylic acids is 1. The minimum atomic E-state index is -1.04. The van der Waals surface area contributed by atoms with Gasteiger partial charge in [-0.3, -0.25) is 4.79 Å². The van der Waals surface area contributed by atoms with Crippen LogP contribution in [0, 0.1) is 11.8 Å². The highest BCUT2D eigenvalue weighted by Gasteiger charge is 2.34. The zero-order valence-corrected chi connectivity index (χ0v) is 12.8. The molecule has 2 unspecified atom stereocenters. The van der Waals surface area contributed by atoms with Crippen LogP contribution in [0.3, 0.4) is 0 Å². The molecule has 21 heavy (non-hydrogen) atoms. The van der Waals surface area contributed by atoms with E-state index >= 15 is 0 Å². The fourth-order valence-corrected chi connectivity index (χ4v) is 2.51. The molecule has 1 saturated carbocycles. The molecule has 1 aliphatic rings. The first-order valence-electron chi connectivity index (χ1n) is 6.84. The fourth-order valence-electron chi connectivity index (χ4n) is 2.26. The molecular weight excluding hydrogens is 290 g/mol. The van der Waals surface area contributed by atoms with Crippen LogP contribution in [0.25, 0.3) is 6.08 Å². The van der Waals surface area contributed by atoms with Crippen LogP contribution in [0.4, 0.5) is 0 Å². The molecule has 0 aliphatic heterocycles. The Morgan fingerprint density at radius 2 is 2.14 bits per heavy atom. The Morgan fingerprint density at radius 1 is 1.48 bits per heavy atom. The maximum Gasteiger partial charge on any atom is 0.328 e. The monoisotopic (exact) mass is 307 g/mol. The van der Waals surface area contributed by atoms with Gasteiger partial charge in [-0.05, 0) is 42.0 Å². The van der Waals surface area contributed by atoms with Crippen LogP contribution in [0.15, 0.2) is 24.3 Å². The second kappa shape index (κ2) is 6.31. The van der Waals surface area contributed by atoms with Crippen molar-refractivity contribution in [1.29, 1.82) is 0 Å². The molecule has 1 aliphatic carbocycles. The lowest BCUT2D eigenvalue weighted by Gasteiger charge is -2.17. The highest BCUT2D eigenvalue weighted by Crippen LogP contribution is 2.38. The van der Waals surface area contributed by atoms with E-state index in [1.165, 1.54) is 12.5 Å². The maximum absolute atomic E-state index is 12.3. The number of benzene rings is 1. The lowest BCUT2D eigenvalue weighted by Crippen LogP contribution is -2.29. The summed E-state index contributed by atoms with van der Waals surface area (Å²) in [5.41, 5.74) is 1.09. The number of amides is 1. The van der Waals surface area contributed by atoms with Crippen molar-refractivity contribution >= 4 is 29.6 Å². The Labute approximate surface area is 129 Å². The molecule has 2 rings (SSSR count). The molecule has 1 amide bonds. The van der Waals surface area contributed by atoms with Crippen LogP contribution in [0.5, 0.6) is 0 Å². The van der Waals surface area contributed by atoms with Crippen molar-refractivity contribution < 1.29 is 14.7 Å². The van der Waals surface area contributed by atoms with Crippen molar-refractivity contribution in [2.75, 3.05) is 13.6 Å². The summed E-state index contributed by atoms with van der Waals surface area (Å²) < 4.78 is 0. The van der Waals surface area contributed by atoms with Crippen LogP contribution in [-0.4, -0.2) is 35.5 Å². The summed E-state index contributed by atoms with van der Waals surface area (Å²) in [6.07, 6.45) is 3.61. The third kappa shape index (κ3) is 4.08. The van der Waals surface area contributed by atoms with Crippen molar-refractivity contribution in [2.24, 2.45) is 11.8 Å². The van der Waals surface area contributed by atoms with Gasteiger partial charge in [-0.1, -0.05) is 24.6 Å². The minimum absolute atomic E-state index is 0.0650. The minimum Gasteiger partial charge on any atom is -0.478 e. The third-order valence-electron chi connectivity index (χ3n) is 3.78. The molecule has 2 atom stereocenters.